The Balaban J connectivity index is 0.000000396. The van der Waals surface area contributed by atoms with E-state index in [4.69, 9.17) is 9.90 Å². The van der Waals surface area contributed by atoms with E-state index < -0.39 is 23.9 Å². The molecule has 2 aromatic rings. The zero-order valence-corrected chi connectivity index (χ0v) is 15.4. The molecule has 1 amide bonds. The number of carbonyl (C=O) groups excluding carboxylic acids is 1. The molecular formula is C19H18F5N3O3. The van der Waals surface area contributed by atoms with Crippen molar-refractivity contribution in [3.63, 3.8) is 0 Å². The maximum Gasteiger partial charge on any atom is 0.490 e. The van der Waals surface area contributed by atoms with Crippen LogP contribution >= 0.6 is 0 Å². The Bertz CT molecular complexity index is 877. The monoisotopic (exact) mass is 431 g/mol. The van der Waals surface area contributed by atoms with Crippen molar-refractivity contribution in [3.8, 4) is 0 Å². The molecule has 1 saturated heterocycles. The molecule has 2 heterocycles. The number of halogens is 5. The Morgan fingerprint density at radius 1 is 1.23 bits per heavy atom. The molecule has 0 spiro atoms. The third kappa shape index (κ3) is 6.76. The number of carboxylic acid groups (broad SMARTS) is 1. The van der Waals surface area contributed by atoms with Gasteiger partial charge in [0.2, 0.25) is 11.9 Å². The average Bonchev–Trinajstić information content (AvgIpc) is 2.70. The summed E-state index contributed by atoms with van der Waals surface area (Å²) in [4.78, 5) is 23.9. The molecule has 0 saturated carbocycles. The van der Waals surface area contributed by atoms with Crippen molar-refractivity contribution < 1.29 is 36.6 Å². The zero-order chi connectivity index (χ0) is 22.3. The Hall–Kier alpha value is -3.08. The highest BCUT2D eigenvalue weighted by Gasteiger charge is 2.38. The molecule has 2 atom stereocenters. The number of pyridine rings is 1. The molecule has 162 valence electrons. The molecule has 11 heteroatoms. The minimum Gasteiger partial charge on any atom is -0.475 e. The maximum atomic E-state index is 13.7. The number of carbonyl (C=O) groups is 2. The van der Waals surface area contributed by atoms with Crippen LogP contribution in [0.3, 0.4) is 0 Å². The van der Waals surface area contributed by atoms with Gasteiger partial charge < -0.3 is 15.7 Å². The van der Waals surface area contributed by atoms with E-state index >= 15 is 0 Å². The van der Waals surface area contributed by atoms with Crippen LogP contribution in [0.1, 0.15) is 30.0 Å². The van der Waals surface area contributed by atoms with Gasteiger partial charge in [-0.2, -0.15) is 17.6 Å². The molecule has 3 N–H and O–H groups in total. The SMILES string of the molecule is O=C(O)C(F)(F)F.O=C1CC[C@@H](NCc2cc(F)ncc2F)[C@H](c2ccccc2)N1. The lowest BCUT2D eigenvalue weighted by atomic mass is 9.92. The van der Waals surface area contributed by atoms with E-state index in [0.29, 0.717) is 12.8 Å². The predicted octanol–water partition coefficient (Wildman–Crippen LogP) is 3.10. The van der Waals surface area contributed by atoms with Gasteiger partial charge in [0.15, 0.2) is 0 Å². The standard InChI is InChI=1S/C17H17F2N3O.C2HF3O2/c18-13-10-21-15(19)8-12(13)9-20-14-6-7-16(23)22-17(14)11-4-2-1-3-5-11;3-2(4,5)1(6)7/h1-5,8,10,14,17,20H,6-7,9H2,(H,22,23);(H,6,7)/t14-,17+;/m1./s1. The summed E-state index contributed by atoms with van der Waals surface area (Å²) < 4.78 is 58.5. The number of aromatic nitrogens is 1. The summed E-state index contributed by atoms with van der Waals surface area (Å²) in [6.07, 6.45) is -3.15. The third-order valence-electron chi connectivity index (χ3n) is 4.26. The third-order valence-corrected chi connectivity index (χ3v) is 4.26. The Kier molecular flexibility index (Phi) is 7.81. The lowest BCUT2D eigenvalue weighted by Crippen LogP contribution is -2.48. The second kappa shape index (κ2) is 10.1. The predicted molar refractivity (Wildman–Crippen MR) is 95.0 cm³/mol. The first-order valence-electron chi connectivity index (χ1n) is 8.75. The van der Waals surface area contributed by atoms with Crippen LogP contribution in [0.15, 0.2) is 42.6 Å². The Morgan fingerprint density at radius 2 is 1.87 bits per heavy atom. The molecule has 3 rings (SSSR count). The van der Waals surface area contributed by atoms with Gasteiger partial charge in [0.1, 0.15) is 5.82 Å². The molecule has 0 bridgehead atoms. The van der Waals surface area contributed by atoms with Crippen LogP contribution in [-0.4, -0.2) is 34.2 Å². The largest absolute Gasteiger partial charge is 0.490 e. The van der Waals surface area contributed by atoms with Gasteiger partial charge in [0.05, 0.1) is 12.2 Å². The normalized spacial score (nSPS) is 18.8. The fourth-order valence-electron chi connectivity index (χ4n) is 2.82. The van der Waals surface area contributed by atoms with Crippen molar-refractivity contribution in [2.75, 3.05) is 0 Å². The van der Waals surface area contributed by atoms with E-state index in [0.717, 1.165) is 17.8 Å². The first-order chi connectivity index (χ1) is 14.1. The summed E-state index contributed by atoms with van der Waals surface area (Å²) in [7, 11) is 0. The van der Waals surface area contributed by atoms with Crippen LogP contribution in [0.2, 0.25) is 0 Å². The van der Waals surface area contributed by atoms with Crippen LogP contribution in [0.25, 0.3) is 0 Å². The van der Waals surface area contributed by atoms with Gasteiger partial charge in [0.25, 0.3) is 0 Å². The molecule has 0 aliphatic carbocycles. The lowest BCUT2D eigenvalue weighted by Gasteiger charge is -2.33. The van der Waals surface area contributed by atoms with Gasteiger partial charge >= 0.3 is 12.1 Å². The van der Waals surface area contributed by atoms with Crippen molar-refractivity contribution in [2.24, 2.45) is 0 Å². The molecule has 1 aromatic carbocycles. The van der Waals surface area contributed by atoms with Gasteiger partial charge in [-0.1, -0.05) is 30.3 Å². The summed E-state index contributed by atoms with van der Waals surface area (Å²) in [6, 6.07) is 10.5. The number of piperidine rings is 1. The number of nitrogens with one attached hydrogen (secondary N) is 2. The second-order valence-corrected chi connectivity index (χ2v) is 6.38. The van der Waals surface area contributed by atoms with Crippen molar-refractivity contribution >= 4 is 11.9 Å². The fourth-order valence-corrected chi connectivity index (χ4v) is 2.82. The summed E-state index contributed by atoms with van der Waals surface area (Å²) in [5.41, 5.74) is 1.21. The highest BCUT2D eigenvalue weighted by Crippen LogP contribution is 2.24. The van der Waals surface area contributed by atoms with Crippen molar-refractivity contribution in [1.29, 1.82) is 0 Å². The molecule has 1 aliphatic heterocycles. The number of rotatable bonds is 4. The first-order valence-corrected chi connectivity index (χ1v) is 8.75. The average molecular weight is 431 g/mol. The van der Waals surface area contributed by atoms with E-state index in [9.17, 15) is 26.7 Å². The van der Waals surface area contributed by atoms with Gasteiger partial charge in [-0.05, 0) is 12.0 Å². The Labute approximate surface area is 168 Å². The van der Waals surface area contributed by atoms with Gasteiger partial charge in [-0.3, -0.25) is 4.79 Å². The van der Waals surface area contributed by atoms with Crippen LogP contribution < -0.4 is 10.6 Å². The molecule has 30 heavy (non-hydrogen) atoms. The molecule has 1 aromatic heterocycles. The van der Waals surface area contributed by atoms with Crippen molar-refractivity contribution in [3.05, 3.63) is 65.5 Å². The van der Waals surface area contributed by atoms with Gasteiger partial charge in [-0.25, -0.2) is 14.2 Å². The smallest absolute Gasteiger partial charge is 0.475 e. The number of benzene rings is 1. The van der Waals surface area contributed by atoms with Crippen LogP contribution in [0.5, 0.6) is 0 Å². The molecule has 0 radical (unpaired) electrons. The van der Waals surface area contributed by atoms with Crippen LogP contribution in [0.4, 0.5) is 22.0 Å². The molecule has 0 unspecified atom stereocenters. The number of nitrogens with zero attached hydrogens (tertiary/aromatic N) is 1. The van der Waals surface area contributed by atoms with E-state index in [2.05, 4.69) is 15.6 Å². The molecule has 6 nitrogen and oxygen atoms in total. The van der Waals surface area contributed by atoms with Gasteiger partial charge in [-0.15, -0.1) is 0 Å². The number of amides is 1. The first kappa shape index (κ1) is 23.2. The quantitative estimate of drug-likeness (QED) is 0.511. The fraction of sp³-hybridized carbons (Fsp3) is 0.316. The van der Waals surface area contributed by atoms with Crippen LogP contribution in [0, 0.1) is 11.8 Å². The summed E-state index contributed by atoms with van der Waals surface area (Å²) in [6.45, 7) is 0.176. The van der Waals surface area contributed by atoms with Crippen LogP contribution in [-0.2, 0) is 16.1 Å². The maximum absolute atomic E-state index is 13.7. The zero-order valence-electron chi connectivity index (χ0n) is 15.4. The van der Waals surface area contributed by atoms with E-state index in [1.165, 1.54) is 0 Å². The lowest BCUT2D eigenvalue weighted by molar-refractivity contribution is -0.192. The summed E-state index contributed by atoms with van der Waals surface area (Å²) >= 11 is 0. The molecule has 1 fully saturated rings. The van der Waals surface area contributed by atoms with E-state index in [-0.39, 0.29) is 30.1 Å². The Morgan fingerprint density at radius 3 is 2.47 bits per heavy atom. The summed E-state index contributed by atoms with van der Waals surface area (Å²) in [5, 5.41) is 13.3. The number of aliphatic carboxylic acids is 1. The minimum absolute atomic E-state index is 0.00182. The summed E-state index contributed by atoms with van der Waals surface area (Å²) in [5.74, 6) is -4.01. The van der Waals surface area contributed by atoms with E-state index in [1.54, 1.807) is 0 Å². The number of hydrogen-bond acceptors (Lipinski definition) is 4. The molecule has 1 aliphatic rings. The van der Waals surface area contributed by atoms with Crippen molar-refractivity contribution in [1.82, 2.24) is 15.6 Å². The minimum atomic E-state index is -5.08. The van der Waals surface area contributed by atoms with E-state index in [1.807, 2.05) is 30.3 Å². The number of alkyl halides is 3. The topological polar surface area (TPSA) is 91.3 Å². The van der Waals surface area contributed by atoms with Crippen molar-refractivity contribution in [2.45, 2.75) is 37.6 Å². The number of hydrogen-bond donors (Lipinski definition) is 3. The number of carboxylic acids is 1. The highest BCUT2D eigenvalue weighted by molar-refractivity contribution is 5.77. The highest BCUT2D eigenvalue weighted by atomic mass is 19.4. The molecular weight excluding hydrogens is 413 g/mol. The van der Waals surface area contributed by atoms with Gasteiger partial charge in [0, 0.05) is 30.6 Å². The second-order valence-electron chi connectivity index (χ2n) is 6.38.